The zero-order valence-corrected chi connectivity index (χ0v) is 42.4. The third-order valence-corrected chi connectivity index (χ3v) is 19.7. The summed E-state index contributed by atoms with van der Waals surface area (Å²) in [4.78, 5) is 53.3. The molecule has 2 aliphatic heterocycles. The molecular weight excluding hydrogens is 893 g/mol. The molecule has 5 aliphatic carbocycles. The molecule has 2 saturated heterocycles. The number of fused-ring (bicyclic) bond motifs is 7. The number of unbranched alkanes of at least 4 members (excludes halogenated alkanes) is 8. The fourth-order valence-electron chi connectivity index (χ4n) is 15.1. The van der Waals surface area contributed by atoms with Crippen LogP contribution in [0.25, 0.3) is 0 Å². The van der Waals surface area contributed by atoms with Gasteiger partial charge in [-0.05, 0) is 116 Å². The van der Waals surface area contributed by atoms with E-state index < -0.39 is 101 Å². The van der Waals surface area contributed by atoms with Gasteiger partial charge in [0, 0.05) is 5.92 Å². The van der Waals surface area contributed by atoms with Crippen molar-refractivity contribution in [1.82, 2.24) is 0 Å². The molecule has 7 aliphatic rings. The Labute approximate surface area is 408 Å². The number of hydrogen-bond acceptors (Lipinski definition) is 14. The van der Waals surface area contributed by atoms with Gasteiger partial charge < -0.3 is 59.4 Å². The lowest BCUT2D eigenvalue weighted by Gasteiger charge is -2.70. The summed E-state index contributed by atoms with van der Waals surface area (Å²) in [5.74, 6) is -3.62. The van der Waals surface area contributed by atoms with Crippen LogP contribution in [-0.2, 0) is 42.9 Å². The zero-order chi connectivity index (χ0) is 50.6. The van der Waals surface area contributed by atoms with E-state index in [1.165, 1.54) is 44.1 Å². The number of allylic oxidation sites excluding steroid dienone is 2. The largest absolute Gasteiger partial charge is 0.479 e. The maximum absolute atomic E-state index is 15.2. The van der Waals surface area contributed by atoms with E-state index in [2.05, 4.69) is 41.5 Å². The molecular formula is C53H84O16. The lowest BCUT2D eigenvalue weighted by Crippen LogP contribution is -2.68. The molecule has 0 bridgehead atoms. The fraction of sp³-hybridized carbons (Fsp3) is 0.887. The summed E-state index contributed by atoms with van der Waals surface area (Å²) >= 11 is 0. The molecule has 0 aromatic heterocycles. The van der Waals surface area contributed by atoms with Gasteiger partial charge in [0.1, 0.15) is 36.6 Å². The van der Waals surface area contributed by atoms with Gasteiger partial charge in [-0.15, -0.1) is 0 Å². The van der Waals surface area contributed by atoms with E-state index in [1.807, 2.05) is 19.9 Å². The Hall–Kier alpha value is -2.54. The van der Waals surface area contributed by atoms with E-state index in [1.54, 1.807) is 0 Å². The maximum atomic E-state index is 15.2. The first-order valence-electron chi connectivity index (χ1n) is 26.2. The van der Waals surface area contributed by atoms with Crippen LogP contribution in [0.2, 0.25) is 0 Å². The predicted octanol–water partition coefficient (Wildman–Crippen LogP) is 6.24. The van der Waals surface area contributed by atoms with Crippen molar-refractivity contribution in [2.75, 3.05) is 6.61 Å². The van der Waals surface area contributed by atoms with Crippen LogP contribution in [0.3, 0.4) is 0 Å². The van der Waals surface area contributed by atoms with Crippen molar-refractivity contribution >= 4 is 23.7 Å². The monoisotopic (exact) mass is 977 g/mol. The summed E-state index contributed by atoms with van der Waals surface area (Å²) in [5, 5.41) is 73.3. The molecule has 0 radical (unpaired) electrons. The van der Waals surface area contributed by atoms with Crippen LogP contribution in [0.4, 0.5) is 0 Å². The van der Waals surface area contributed by atoms with Crippen molar-refractivity contribution < 1.29 is 78.6 Å². The number of carboxylic acids is 2. The number of aliphatic carboxylic acids is 2. The maximum Gasteiger partial charge on any atom is 0.335 e. The first kappa shape index (κ1) is 54.2. The molecule has 0 aromatic carbocycles. The molecule has 392 valence electrons. The number of aliphatic hydroxyl groups excluding tert-OH is 5. The van der Waals surface area contributed by atoms with Crippen molar-refractivity contribution in [2.45, 2.75) is 238 Å². The smallest absolute Gasteiger partial charge is 0.335 e. The highest BCUT2D eigenvalue weighted by molar-refractivity contribution is 5.95. The van der Waals surface area contributed by atoms with Crippen molar-refractivity contribution in [3.8, 4) is 0 Å². The Balaban J connectivity index is 1.08. The van der Waals surface area contributed by atoms with Gasteiger partial charge in [-0.2, -0.15) is 0 Å². The van der Waals surface area contributed by atoms with Crippen LogP contribution in [0.1, 0.15) is 171 Å². The Bertz CT molecular complexity index is 1920. The number of ketones is 1. The molecule has 0 unspecified atom stereocenters. The van der Waals surface area contributed by atoms with E-state index in [9.17, 15) is 50.1 Å². The fourth-order valence-corrected chi connectivity index (χ4v) is 15.1. The molecule has 7 N–H and O–H groups in total. The minimum absolute atomic E-state index is 0.0452. The number of esters is 1. The van der Waals surface area contributed by atoms with Crippen LogP contribution < -0.4 is 0 Å². The third kappa shape index (κ3) is 9.63. The number of aliphatic hydroxyl groups is 5. The average molecular weight is 977 g/mol. The predicted molar refractivity (Wildman–Crippen MR) is 250 cm³/mol. The molecule has 2 heterocycles. The van der Waals surface area contributed by atoms with Gasteiger partial charge in [0.05, 0.1) is 18.1 Å². The van der Waals surface area contributed by atoms with Crippen LogP contribution in [0, 0.1) is 50.2 Å². The van der Waals surface area contributed by atoms with Gasteiger partial charge >= 0.3 is 17.9 Å². The van der Waals surface area contributed by atoms with Gasteiger partial charge in [0.2, 0.25) is 0 Å². The van der Waals surface area contributed by atoms with Crippen molar-refractivity contribution in [2.24, 2.45) is 50.2 Å². The Morgan fingerprint density at radius 3 is 1.87 bits per heavy atom. The molecule has 6 fully saturated rings. The standard InChI is InChI=1S/C53H84O16/c1-9-10-11-12-13-14-15-16-17-26-65-47(64)50(5)23-22-49(4)24-25-52(7)29(30(49)28-50)27-31(54)42-51(6)20-19-33(48(2,3)32(51)18-21-53(42,52)8)66-46-41(37(58)36(57)40(68-46)44(62)63)69-45-38(59)34(55)35(56)39(67-45)43(60)61/h27,30,32-42,45-46,55-59H,9-26,28H2,1-8H3,(H,60,61)(H,62,63)/t30-,32-,33-,34-,35-,36-,37-,38+,39-,40-,41+,42+,45-,46+,49+,50-,51-,52+,53+/m0/s1. The summed E-state index contributed by atoms with van der Waals surface area (Å²) in [5.41, 5.74) is -1.39. The van der Waals surface area contributed by atoms with Crippen molar-refractivity contribution in [3.05, 3.63) is 11.6 Å². The number of hydrogen-bond donors (Lipinski definition) is 7. The number of carbonyl (C=O) groups is 4. The Morgan fingerprint density at radius 2 is 1.25 bits per heavy atom. The SMILES string of the molecule is CCCCCCCCCCCOC(=O)[C@@]1(C)CC[C@]2(C)CC[C@]3(C)C(=CC(=O)[C@@H]4[C@@]5(C)CC[C@H](O[C@@H]6O[C@H](C(=O)O)[C@@H](O)[C@H](O)[C@H]6O[C@@H]6O[C@H](C(=O)O)[C@@H](O)[C@H](O)[C@H]6O)C(C)(C)[C@@H]5CC[C@]43C)[C@@H]2C1. The van der Waals surface area contributed by atoms with Crippen molar-refractivity contribution in [3.63, 3.8) is 0 Å². The highest BCUT2D eigenvalue weighted by atomic mass is 16.8. The molecule has 19 atom stereocenters. The second-order valence-corrected chi connectivity index (χ2v) is 24.3. The first-order chi connectivity index (χ1) is 32.3. The molecule has 0 aromatic rings. The highest BCUT2D eigenvalue weighted by Crippen LogP contribution is 2.75. The minimum Gasteiger partial charge on any atom is -0.479 e. The molecule has 69 heavy (non-hydrogen) atoms. The van der Waals surface area contributed by atoms with Crippen LogP contribution >= 0.6 is 0 Å². The molecule has 0 amide bonds. The second kappa shape index (κ2) is 20.4. The number of rotatable bonds is 17. The number of carboxylic acid groups (broad SMARTS) is 2. The molecule has 16 heteroatoms. The molecule has 7 rings (SSSR count). The Kier molecular flexibility index (Phi) is 16.0. The van der Waals surface area contributed by atoms with Gasteiger partial charge in [-0.25, -0.2) is 9.59 Å². The van der Waals surface area contributed by atoms with E-state index in [0.717, 1.165) is 57.8 Å². The lowest BCUT2D eigenvalue weighted by molar-refractivity contribution is -0.371. The molecule has 0 spiro atoms. The van der Waals surface area contributed by atoms with E-state index in [0.29, 0.717) is 25.9 Å². The summed E-state index contributed by atoms with van der Waals surface area (Å²) < 4.78 is 29.6. The number of ether oxygens (including phenoxy) is 5. The summed E-state index contributed by atoms with van der Waals surface area (Å²) in [7, 11) is 0. The summed E-state index contributed by atoms with van der Waals surface area (Å²) in [6.07, 6.45) is -0.804. The quantitative estimate of drug-likeness (QED) is 0.0484. The van der Waals surface area contributed by atoms with Gasteiger partial charge in [-0.3, -0.25) is 9.59 Å². The average Bonchev–Trinajstić information content (AvgIpc) is 3.28. The van der Waals surface area contributed by atoms with Crippen molar-refractivity contribution in [1.29, 1.82) is 0 Å². The number of carbonyl (C=O) groups excluding carboxylic acids is 2. The third-order valence-electron chi connectivity index (χ3n) is 19.7. The highest BCUT2D eigenvalue weighted by Gasteiger charge is 2.71. The van der Waals surface area contributed by atoms with E-state index in [-0.39, 0.29) is 40.3 Å². The van der Waals surface area contributed by atoms with Gasteiger partial charge in [0.15, 0.2) is 30.6 Å². The van der Waals surface area contributed by atoms with Crippen LogP contribution in [0.15, 0.2) is 11.6 Å². The Morgan fingerprint density at radius 1 is 0.667 bits per heavy atom. The lowest BCUT2D eigenvalue weighted by atomic mass is 9.33. The summed E-state index contributed by atoms with van der Waals surface area (Å²) in [6, 6.07) is 0. The normalized spacial score (nSPS) is 46.0. The van der Waals surface area contributed by atoms with Crippen LogP contribution in [-0.4, -0.2) is 134 Å². The topological polar surface area (TPSA) is 256 Å². The van der Waals surface area contributed by atoms with E-state index >= 15 is 4.79 Å². The summed E-state index contributed by atoms with van der Waals surface area (Å²) in [6.45, 7) is 18.1. The van der Waals surface area contributed by atoms with Gasteiger partial charge in [0.25, 0.3) is 0 Å². The first-order valence-corrected chi connectivity index (χ1v) is 26.2. The zero-order valence-electron chi connectivity index (χ0n) is 42.4. The molecule has 16 nitrogen and oxygen atoms in total. The van der Waals surface area contributed by atoms with Gasteiger partial charge in [-0.1, -0.05) is 105 Å². The second-order valence-electron chi connectivity index (χ2n) is 24.3. The minimum atomic E-state index is -2.04. The molecule has 4 saturated carbocycles. The van der Waals surface area contributed by atoms with E-state index in [4.69, 9.17) is 23.7 Å². The van der Waals surface area contributed by atoms with Crippen LogP contribution in [0.5, 0.6) is 0 Å².